The second-order valence-corrected chi connectivity index (χ2v) is 5.40. The Morgan fingerprint density at radius 3 is 2.26 bits per heavy atom. The fourth-order valence-electron chi connectivity index (χ4n) is 2.21. The standard InChI is InChI=1S/C15H32N2O2/c1-5-8-9-10-11-15(4,14(18)19)16-12-13-17(6-2)7-3/h16H,5-13H2,1-4H3,(H,18,19). The van der Waals surface area contributed by atoms with Gasteiger partial charge in [0.05, 0.1) is 0 Å². The second-order valence-electron chi connectivity index (χ2n) is 5.40. The lowest BCUT2D eigenvalue weighted by atomic mass is 9.94. The van der Waals surface area contributed by atoms with E-state index in [-0.39, 0.29) is 0 Å². The Balaban J connectivity index is 4.11. The largest absolute Gasteiger partial charge is 0.480 e. The number of nitrogens with zero attached hydrogens (tertiary/aromatic N) is 1. The lowest BCUT2D eigenvalue weighted by Crippen LogP contribution is -2.51. The van der Waals surface area contributed by atoms with Crippen molar-refractivity contribution >= 4 is 5.97 Å². The molecule has 0 aromatic heterocycles. The molecule has 0 fully saturated rings. The van der Waals surface area contributed by atoms with Crippen molar-refractivity contribution in [2.24, 2.45) is 0 Å². The number of rotatable bonds is 12. The fourth-order valence-corrected chi connectivity index (χ4v) is 2.21. The SMILES string of the molecule is CCCCCCC(C)(NCCN(CC)CC)C(=O)O. The van der Waals surface area contributed by atoms with Gasteiger partial charge in [0, 0.05) is 13.1 Å². The quantitative estimate of drug-likeness (QED) is 0.536. The number of nitrogens with one attached hydrogen (secondary N) is 1. The van der Waals surface area contributed by atoms with E-state index in [1.807, 2.05) is 6.92 Å². The summed E-state index contributed by atoms with van der Waals surface area (Å²) in [5.74, 6) is -0.733. The van der Waals surface area contributed by atoms with Crippen LogP contribution in [0, 0.1) is 0 Å². The summed E-state index contributed by atoms with van der Waals surface area (Å²) in [6.45, 7) is 11.9. The molecule has 0 bridgehead atoms. The average Bonchev–Trinajstić information content (AvgIpc) is 2.39. The Morgan fingerprint density at radius 2 is 1.79 bits per heavy atom. The van der Waals surface area contributed by atoms with E-state index < -0.39 is 11.5 Å². The third kappa shape index (κ3) is 7.53. The first-order valence-electron chi connectivity index (χ1n) is 7.70. The van der Waals surface area contributed by atoms with E-state index in [2.05, 4.69) is 31.0 Å². The normalized spacial score (nSPS) is 14.6. The van der Waals surface area contributed by atoms with Gasteiger partial charge in [0.2, 0.25) is 0 Å². The molecule has 0 radical (unpaired) electrons. The van der Waals surface area contributed by atoms with E-state index in [1.165, 1.54) is 12.8 Å². The predicted molar refractivity (Wildman–Crippen MR) is 80.6 cm³/mol. The molecule has 0 aromatic carbocycles. The summed E-state index contributed by atoms with van der Waals surface area (Å²) in [7, 11) is 0. The molecule has 0 heterocycles. The summed E-state index contributed by atoms with van der Waals surface area (Å²) < 4.78 is 0. The number of aliphatic carboxylic acids is 1. The minimum Gasteiger partial charge on any atom is -0.480 e. The number of likely N-dealkylation sites (N-methyl/N-ethyl adjacent to an activating group) is 1. The first-order valence-corrected chi connectivity index (χ1v) is 7.70. The summed E-state index contributed by atoms with van der Waals surface area (Å²) in [4.78, 5) is 13.7. The van der Waals surface area contributed by atoms with E-state index in [4.69, 9.17) is 0 Å². The predicted octanol–water partition coefficient (Wildman–Crippen LogP) is 2.73. The van der Waals surface area contributed by atoms with E-state index in [0.717, 1.165) is 39.0 Å². The maximum atomic E-state index is 11.4. The lowest BCUT2D eigenvalue weighted by Gasteiger charge is -2.28. The van der Waals surface area contributed by atoms with Gasteiger partial charge in [0.1, 0.15) is 5.54 Å². The third-order valence-corrected chi connectivity index (χ3v) is 3.84. The average molecular weight is 272 g/mol. The number of unbranched alkanes of at least 4 members (excludes halogenated alkanes) is 3. The highest BCUT2D eigenvalue weighted by Gasteiger charge is 2.31. The van der Waals surface area contributed by atoms with Gasteiger partial charge in [-0.25, -0.2) is 0 Å². The summed E-state index contributed by atoms with van der Waals surface area (Å²) in [5.41, 5.74) is -0.777. The van der Waals surface area contributed by atoms with Crippen LogP contribution in [0.2, 0.25) is 0 Å². The van der Waals surface area contributed by atoms with Gasteiger partial charge >= 0.3 is 5.97 Å². The number of hydrogen-bond donors (Lipinski definition) is 2. The van der Waals surface area contributed by atoms with Crippen LogP contribution in [0.15, 0.2) is 0 Å². The monoisotopic (exact) mass is 272 g/mol. The topological polar surface area (TPSA) is 52.6 Å². The number of hydrogen-bond acceptors (Lipinski definition) is 3. The maximum absolute atomic E-state index is 11.4. The van der Waals surface area contributed by atoms with Crippen LogP contribution in [-0.2, 0) is 4.79 Å². The molecule has 19 heavy (non-hydrogen) atoms. The number of carbonyl (C=O) groups is 1. The van der Waals surface area contributed by atoms with Gasteiger partial charge in [-0.1, -0.05) is 46.5 Å². The Bertz CT molecular complexity index is 242. The van der Waals surface area contributed by atoms with E-state index in [1.54, 1.807) is 0 Å². The molecule has 0 spiro atoms. The molecule has 0 aliphatic carbocycles. The molecule has 1 atom stereocenters. The molecule has 0 aromatic rings. The second kappa shape index (κ2) is 10.2. The zero-order chi connectivity index (χ0) is 14.7. The van der Waals surface area contributed by atoms with E-state index in [9.17, 15) is 9.90 Å². The third-order valence-electron chi connectivity index (χ3n) is 3.84. The number of carboxylic acids is 1. The molecule has 4 heteroatoms. The molecule has 0 aliphatic heterocycles. The summed E-state index contributed by atoms with van der Waals surface area (Å²) in [6.07, 6.45) is 5.18. The van der Waals surface area contributed by atoms with Gasteiger partial charge in [-0.3, -0.25) is 4.79 Å². The molecular formula is C15H32N2O2. The van der Waals surface area contributed by atoms with Crippen LogP contribution in [0.25, 0.3) is 0 Å². The van der Waals surface area contributed by atoms with Crippen LogP contribution >= 0.6 is 0 Å². The van der Waals surface area contributed by atoms with Gasteiger partial charge in [0.15, 0.2) is 0 Å². The van der Waals surface area contributed by atoms with Crippen LogP contribution < -0.4 is 5.32 Å². The van der Waals surface area contributed by atoms with Crippen LogP contribution in [0.4, 0.5) is 0 Å². The van der Waals surface area contributed by atoms with Gasteiger partial charge in [0.25, 0.3) is 0 Å². The lowest BCUT2D eigenvalue weighted by molar-refractivity contribution is -0.144. The first-order chi connectivity index (χ1) is 9.00. The van der Waals surface area contributed by atoms with Crippen LogP contribution in [0.5, 0.6) is 0 Å². The van der Waals surface area contributed by atoms with Crippen molar-refractivity contribution in [2.45, 2.75) is 65.3 Å². The highest BCUT2D eigenvalue weighted by molar-refractivity contribution is 5.78. The van der Waals surface area contributed by atoms with Crippen molar-refractivity contribution in [3.63, 3.8) is 0 Å². The molecule has 0 saturated carbocycles. The minimum absolute atomic E-state index is 0.709. The van der Waals surface area contributed by atoms with Crippen LogP contribution in [0.1, 0.15) is 59.8 Å². The summed E-state index contributed by atoms with van der Waals surface area (Å²) in [6, 6.07) is 0. The van der Waals surface area contributed by atoms with Crippen molar-refractivity contribution in [2.75, 3.05) is 26.2 Å². The molecule has 2 N–H and O–H groups in total. The Labute approximate surface area is 118 Å². The zero-order valence-electron chi connectivity index (χ0n) is 13.2. The number of carboxylic acid groups (broad SMARTS) is 1. The Hall–Kier alpha value is -0.610. The first kappa shape index (κ1) is 18.4. The molecule has 0 rings (SSSR count). The fraction of sp³-hybridized carbons (Fsp3) is 0.933. The maximum Gasteiger partial charge on any atom is 0.323 e. The van der Waals surface area contributed by atoms with Crippen molar-refractivity contribution in [3.8, 4) is 0 Å². The van der Waals surface area contributed by atoms with E-state index >= 15 is 0 Å². The highest BCUT2D eigenvalue weighted by atomic mass is 16.4. The van der Waals surface area contributed by atoms with Crippen molar-refractivity contribution < 1.29 is 9.90 Å². The van der Waals surface area contributed by atoms with E-state index in [0.29, 0.717) is 6.42 Å². The molecule has 1 unspecified atom stereocenters. The Kier molecular flexibility index (Phi) is 9.88. The van der Waals surface area contributed by atoms with Crippen molar-refractivity contribution in [1.82, 2.24) is 10.2 Å². The smallest absolute Gasteiger partial charge is 0.323 e. The molecule has 0 aliphatic rings. The van der Waals surface area contributed by atoms with Crippen LogP contribution in [-0.4, -0.2) is 47.7 Å². The Morgan fingerprint density at radius 1 is 1.16 bits per heavy atom. The van der Waals surface area contributed by atoms with Gasteiger partial charge in [-0.05, 0) is 26.4 Å². The highest BCUT2D eigenvalue weighted by Crippen LogP contribution is 2.15. The zero-order valence-corrected chi connectivity index (χ0v) is 13.2. The minimum atomic E-state index is -0.777. The van der Waals surface area contributed by atoms with Crippen LogP contribution in [0.3, 0.4) is 0 Å². The van der Waals surface area contributed by atoms with Gasteiger partial charge in [-0.2, -0.15) is 0 Å². The molecule has 0 saturated heterocycles. The van der Waals surface area contributed by atoms with Gasteiger partial charge in [-0.15, -0.1) is 0 Å². The van der Waals surface area contributed by atoms with Gasteiger partial charge < -0.3 is 15.3 Å². The molecule has 4 nitrogen and oxygen atoms in total. The van der Waals surface area contributed by atoms with Crippen molar-refractivity contribution in [3.05, 3.63) is 0 Å². The molecule has 114 valence electrons. The molecule has 0 amide bonds. The van der Waals surface area contributed by atoms with Crippen molar-refractivity contribution in [1.29, 1.82) is 0 Å². The summed E-state index contributed by atoms with van der Waals surface area (Å²) >= 11 is 0. The summed E-state index contributed by atoms with van der Waals surface area (Å²) in [5, 5.41) is 12.6. The molecular weight excluding hydrogens is 240 g/mol.